The van der Waals surface area contributed by atoms with Crippen molar-refractivity contribution in [2.75, 3.05) is 0 Å². The molecule has 136 valence electrons. The highest BCUT2D eigenvalue weighted by atomic mass is 19.4. The molecule has 2 aromatic rings. The SMILES string of the molecule is CC(C)Oc1ccc(C2C(C#N)=C(N)Oc3n[nH]c(C(F)(F)F)c32)cc1. The van der Waals surface area contributed by atoms with E-state index in [0.717, 1.165) is 0 Å². The van der Waals surface area contributed by atoms with Crippen molar-refractivity contribution in [3.63, 3.8) is 0 Å². The molecule has 0 spiro atoms. The number of H-pyrrole nitrogens is 1. The highest BCUT2D eigenvalue weighted by Crippen LogP contribution is 2.46. The first kappa shape index (κ1) is 17.7. The summed E-state index contributed by atoms with van der Waals surface area (Å²) in [6.45, 7) is 3.72. The lowest BCUT2D eigenvalue weighted by Gasteiger charge is -2.24. The van der Waals surface area contributed by atoms with Gasteiger partial charge in [-0.15, -0.1) is 5.10 Å². The second kappa shape index (κ2) is 6.29. The Hall–Kier alpha value is -3.15. The van der Waals surface area contributed by atoms with Crippen LogP contribution in [0.1, 0.15) is 36.6 Å². The molecule has 1 unspecified atom stereocenters. The van der Waals surface area contributed by atoms with Gasteiger partial charge in [-0.25, -0.2) is 0 Å². The summed E-state index contributed by atoms with van der Waals surface area (Å²) < 4.78 is 50.7. The molecule has 0 saturated carbocycles. The van der Waals surface area contributed by atoms with Crippen LogP contribution in [0, 0.1) is 11.3 Å². The van der Waals surface area contributed by atoms with Gasteiger partial charge in [-0.05, 0) is 31.5 Å². The Bertz CT molecular complexity index is 892. The highest BCUT2D eigenvalue weighted by molar-refractivity contribution is 5.56. The van der Waals surface area contributed by atoms with Crippen molar-refractivity contribution in [3.05, 3.63) is 52.5 Å². The van der Waals surface area contributed by atoms with Crippen molar-refractivity contribution in [2.24, 2.45) is 5.73 Å². The molecule has 26 heavy (non-hydrogen) atoms. The van der Waals surface area contributed by atoms with Gasteiger partial charge in [0, 0.05) is 0 Å². The highest BCUT2D eigenvalue weighted by Gasteiger charge is 2.44. The van der Waals surface area contributed by atoms with Gasteiger partial charge in [0.2, 0.25) is 11.8 Å². The molecule has 0 amide bonds. The fourth-order valence-corrected chi connectivity index (χ4v) is 2.81. The molecule has 3 N–H and O–H groups in total. The molecule has 1 aliphatic heterocycles. The number of aromatic amines is 1. The van der Waals surface area contributed by atoms with Gasteiger partial charge in [-0.3, -0.25) is 5.10 Å². The summed E-state index contributed by atoms with van der Waals surface area (Å²) in [5.41, 5.74) is 4.72. The first-order valence-electron chi connectivity index (χ1n) is 7.72. The number of fused-ring (bicyclic) bond motifs is 1. The lowest BCUT2D eigenvalue weighted by Crippen LogP contribution is -2.22. The van der Waals surface area contributed by atoms with Crippen LogP contribution in [-0.2, 0) is 6.18 Å². The second-order valence-corrected chi connectivity index (χ2v) is 5.98. The summed E-state index contributed by atoms with van der Waals surface area (Å²) in [4.78, 5) is 0. The standard InChI is InChI=1S/C17H15F3N4O2/c1-8(2)25-10-5-3-9(4-6-10)12-11(7-21)15(22)26-16-13(12)14(23-24-16)17(18,19)20/h3-6,8,12H,22H2,1-2H3,(H,23,24). The molecule has 0 aliphatic carbocycles. The zero-order valence-electron chi connectivity index (χ0n) is 13.9. The first-order valence-corrected chi connectivity index (χ1v) is 7.72. The predicted octanol–water partition coefficient (Wildman–Crippen LogP) is 3.43. The fraction of sp³-hybridized carbons (Fsp3) is 0.294. The molecule has 0 radical (unpaired) electrons. The molecule has 6 nitrogen and oxygen atoms in total. The Morgan fingerprint density at radius 1 is 1.31 bits per heavy atom. The van der Waals surface area contributed by atoms with E-state index in [9.17, 15) is 18.4 Å². The van der Waals surface area contributed by atoms with Crippen LogP contribution in [0.25, 0.3) is 0 Å². The Morgan fingerprint density at radius 3 is 2.50 bits per heavy atom. The van der Waals surface area contributed by atoms with Gasteiger partial charge >= 0.3 is 6.18 Å². The summed E-state index contributed by atoms with van der Waals surface area (Å²) >= 11 is 0. The lowest BCUT2D eigenvalue weighted by atomic mass is 9.84. The maximum atomic E-state index is 13.4. The van der Waals surface area contributed by atoms with Crippen LogP contribution in [0.2, 0.25) is 0 Å². The van der Waals surface area contributed by atoms with E-state index < -0.39 is 17.8 Å². The maximum Gasteiger partial charge on any atom is 0.433 e. The van der Waals surface area contributed by atoms with Gasteiger partial charge in [0.1, 0.15) is 23.1 Å². The topological polar surface area (TPSA) is 96.9 Å². The molecular formula is C17H15F3N4O2. The first-order chi connectivity index (χ1) is 12.2. The quantitative estimate of drug-likeness (QED) is 0.870. The predicted molar refractivity (Wildman–Crippen MR) is 85.1 cm³/mol. The molecule has 1 atom stereocenters. The van der Waals surface area contributed by atoms with Crippen LogP contribution in [-0.4, -0.2) is 16.3 Å². The minimum absolute atomic E-state index is 0.0496. The number of nitrogens with two attached hydrogens (primary N) is 1. The van der Waals surface area contributed by atoms with Crippen molar-refractivity contribution in [1.29, 1.82) is 5.26 Å². The molecule has 3 rings (SSSR count). The number of hydrogen-bond acceptors (Lipinski definition) is 5. The van der Waals surface area contributed by atoms with Crippen LogP contribution in [0.15, 0.2) is 35.7 Å². The van der Waals surface area contributed by atoms with Crippen molar-refractivity contribution < 1.29 is 22.6 Å². The van der Waals surface area contributed by atoms with Crippen LogP contribution < -0.4 is 15.2 Å². The van der Waals surface area contributed by atoms with E-state index in [1.807, 2.05) is 25.0 Å². The number of rotatable bonds is 3. The minimum Gasteiger partial charge on any atom is -0.491 e. The fourth-order valence-electron chi connectivity index (χ4n) is 2.81. The number of benzene rings is 1. The average molecular weight is 364 g/mol. The smallest absolute Gasteiger partial charge is 0.433 e. The van der Waals surface area contributed by atoms with Crippen molar-refractivity contribution in [3.8, 4) is 17.7 Å². The van der Waals surface area contributed by atoms with Gasteiger partial charge in [-0.1, -0.05) is 12.1 Å². The van der Waals surface area contributed by atoms with Crippen molar-refractivity contribution >= 4 is 0 Å². The van der Waals surface area contributed by atoms with Crippen LogP contribution in [0.5, 0.6) is 11.6 Å². The van der Waals surface area contributed by atoms with E-state index >= 15 is 0 Å². The maximum absolute atomic E-state index is 13.4. The van der Waals surface area contributed by atoms with E-state index in [1.54, 1.807) is 24.3 Å². The Labute approximate surface area is 147 Å². The molecule has 0 fully saturated rings. The van der Waals surface area contributed by atoms with Crippen LogP contribution >= 0.6 is 0 Å². The number of hydrogen-bond donors (Lipinski definition) is 2. The Balaban J connectivity index is 2.13. The average Bonchev–Trinajstić information content (AvgIpc) is 2.97. The van der Waals surface area contributed by atoms with Crippen molar-refractivity contribution in [1.82, 2.24) is 10.2 Å². The number of halogens is 3. The summed E-state index contributed by atoms with van der Waals surface area (Å²) in [5.74, 6) is -1.05. The molecule has 1 aromatic heterocycles. The zero-order chi connectivity index (χ0) is 19.1. The van der Waals surface area contributed by atoms with Crippen LogP contribution in [0.3, 0.4) is 0 Å². The molecule has 0 bridgehead atoms. The molecule has 0 saturated heterocycles. The Kier molecular flexibility index (Phi) is 4.28. The number of ether oxygens (including phenoxy) is 2. The number of nitriles is 1. The van der Waals surface area contributed by atoms with E-state index in [2.05, 4.69) is 5.10 Å². The zero-order valence-corrected chi connectivity index (χ0v) is 13.9. The Morgan fingerprint density at radius 2 is 1.96 bits per heavy atom. The van der Waals surface area contributed by atoms with Gasteiger partial charge in [-0.2, -0.15) is 18.4 Å². The molecule has 1 aliphatic rings. The number of aromatic nitrogens is 2. The largest absolute Gasteiger partial charge is 0.491 e. The van der Waals surface area contributed by atoms with E-state index in [0.29, 0.717) is 11.3 Å². The molecular weight excluding hydrogens is 349 g/mol. The normalized spacial score (nSPS) is 16.9. The molecule has 9 heteroatoms. The number of allylic oxidation sites excluding steroid dienone is 1. The summed E-state index contributed by atoms with van der Waals surface area (Å²) in [5, 5.41) is 14.9. The van der Waals surface area contributed by atoms with Gasteiger partial charge in [0.25, 0.3) is 0 Å². The number of nitrogens with one attached hydrogen (secondary N) is 1. The van der Waals surface area contributed by atoms with Crippen LogP contribution in [0.4, 0.5) is 13.2 Å². The lowest BCUT2D eigenvalue weighted by molar-refractivity contribution is -0.141. The summed E-state index contributed by atoms with van der Waals surface area (Å²) in [6, 6.07) is 8.29. The number of nitrogens with zero attached hydrogens (tertiary/aromatic N) is 2. The van der Waals surface area contributed by atoms with Gasteiger partial charge in [0.05, 0.1) is 17.6 Å². The molecule has 2 heterocycles. The summed E-state index contributed by atoms with van der Waals surface area (Å²) in [7, 11) is 0. The van der Waals surface area contributed by atoms with E-state index in [-0.39, 0.29) is 29.0 Å². The minimum atomic E-state index is -4.68. The second-order valence-electron chi connectivity index (χ2n) is 5.98. The number of alkyl halides is 3. The third kappa shape index (κ3) is 3.06. The molecule has 1 aromatic carbocycles. The third-order valence-electron chi connectivity index (χ3n) is 3.81. The van der Waals surface area contributed by atoms with Gasteiger partial charge in [0.15, 0.2) is 0 Å². The van der Waals surface area contributed by atoms with E-state index in [1.165, 1.54) is 0 Å². The third-order valence-corrected chi connectivity index (χ3v) is 3.81. The monoisotopic (exact) mass is 364 g/mol. The van der Waals surface area contributed by atoms with E-state index in [4.69, 9.17) is 15.2 Å². The van der Waals surface area contributed by atoms with Gasteiger partial charge < -0.3 is 15.2 Å². The summed E-state index contributed by atoms with van der Waals surface area (Å²) in [6.07, 6.45) is -4.73. The van der Waals surface area contributed by atoms with Crippen molar-refractivity contribution in [2.45, 2.75) is 32.0 Å².